The molecule has 6 heteroatoms. The van der Waals surface area contributed by atoms with Gasteiger partial charge in [0.2, 0.25) is 5.91 Å². The van der Waals surface area contributed by atoms with Gasteiger partial charge >= 0.3 is 0 Å². The van der Waals surface area contributed by atoms with Crippen molar-refractivity contribution >= 4 is 22.4 Å². The van der Waals surface area contributed by atoms with Crippen LogP contribution in [0, 0.1) is 5.92 Å². The van der Waals surface area contributed by atoms with Gasteiger partial charge in [-0.15, -0.1) is 24.5 Å². The first kappa shape index (κ1) is 15.2. The fourth-order valence-corrected chi connectivity index (χ4v) is 2.66. The minimum atomic E-state index is -0.147. The Bertz CT molecular complexity index is 634. The van der Waals surface area contributed by atoms with Gasteiger partial charge in [-0.2, -0.15) is 5.10 Å². The average Bonchev–Trinajstić information content (AvgIpc) is 3.07. The molecule has 0 bridgehead atoms. The van der Waals surface area contributed by atoms with E-state index in [2.05, 4.69) is 28.6 Å². The fraction of sp³-hybridized carbons (Fsp3) is 0.267. The summed E-state index contributed by atoms with van der Waals surface area (Å²) in [7, 11) is 1.85. The van der Waals surface area contributed by atoms with Crippen molar-refractivity contribution < 1.29 is 4.79 Å². The number of nitrogens with zero attached hydrogens (tertiary/aromatic N) is 3. The van der Waals surface area contributed by atoms with Gasteiger partial charge in [-0.05, 0) is 12.8 Å². The lowest BCUT2D eigenvalue weighted by Crippen LogP contribution is -2.21. The predicted octanol–water partition coefficient (Wildman–Crippen LogP) is 3.25. The van der Waals surface area contributed by atoms with E-state index in [-0.39, 0.29) is 11.8 Å². The van der Waals surface area contributed by atoms with E-state index in [0.717, 1.165) is 11.3 Å². The Hall–Kier alpha value is -2.21. The zero-order chi connectivity index (χ0) is 15.2. The third-order valence-electron chi connectivity index (χ3n) is 3.01. The largest absolute Gasteiger partial charge is 0.302 e. The highest BCUT2D eigenvalue weighted by Gasteiger charge is 2.17. The minimum absolute atomic E-state index is 0.0538. The second-order valence-corrected chi connectivity index (χ2v) is 5.53. The molecule has 2 aromatic rings. The molecule has 2 aromatic heterocycles. The topological polar surface area (TPSA) is 59.8 Å². The van der Waals surface area contributed by atoms with Crippen molar-refractivity contribution in [3.63, 3.8) is 0 Å². The first-order valence-electron chi connectivity index (χ1n) is 6.61. The van der Waals surface area contributed by atoms with Crippen molar-refractivity contribution in [1.29, 1.82) is 0 Å². The molecule has 0 fully saturated rings. The molecule has 0 radical (unpaired) electrons. The van der Waals surface area contributed by atoms with Crippen LogP contribution in [0.4, 0.5) is 5.13 Å². The highest BCUT2D eigenvalue weighted by Crippen LogP contribution is 2.25. The van der Waals surface area contributed by atoms with Gasteiger partial charge in [0.1, 0.15) is 0 Å². The van der Waals surface area contributed by atoms with Crippen LogP contribution in [0.25, 0.3) is 11.3 Å². The highest BCUT2D eigenvalue weighted by molar-refractivity contribution is 7.14. The number of amides is 1. The molecule has 2 heterocycles. The van der Waals surface area contributed by atoms with Gasteiger partial charge in [0, 0.05) is 30.1 Å². The van der Waals surface area contributed by atoms with Crippen molar-refractivity contribution in [3.8, 4) is 11.3 Å². The zero-order valence-corrected chi connectivity index (χ0v) is 12.8. The number of aryl methyl sites for hydroxylation is 1. The molecule has 0 aliphatic carbocycles. The first-order valence-corrected chi connectivity index (χ1v) is 7.49. The molecule has 0 saturated carbocycles. The zero-order valence-electron chi connectivity index (χ0n) is 12.0. The van der Waals surface area contributed by atoms with E-state index >= 15 is 0 Å². The second-order valence-electron chi connectivity index (χ2n) is 4.68. The molecule has 0 saturated heterocycles. The van der Waals surface area contributed by atoms with Crippen LogP contribution in [0.5, 0.6) is 0 Å². The average molecular weight is 302 g/mol. The van der Waals surface area contributed by atoms with Crippen LogP contribution in [0.1, 0.15) is 12.8 Å². The molecule has 110 valence electrons. The third kappa shape index (κ3) is 3.88. The number of nitrogens with one attached hydrogen (secondary N) is 1. The maximum atomic E-state index is 12.2. The van der Waals surface area contributed by atoms with Crippen LogP contribution < -0.4 is 5.32 Å². The molecule has 0 aliphatic rings. The summed E-state index contributed by atoms with van der Waals surface area (Å²) in [5.41, 5.74) is 1.75. The van der Waals surface area contributed by atoms with Crippen LogP contribution >= 0.6 is 11.3 Å². The van der Waals surface area contributed by atoms with Crippen LogP contribution in [0.2, 0.25) is 0 Å². The van der Waals surface area contributed by atoms with Gasteiger partial charge in [0.15, 0.2) is 5.13 Å². The predicted molar refractivity (Wildman–Crippen MR) is 86.1 cm³/mol. The summed E-state index contributed by atoms with van der Waals surface area (Å²) >= 11 is 1.40. The van der Waals surface area contributed by atoms with Crippen molar-refractivity contribution in [1.82, 2.24) is 14.8 Å². The Morgan fingerprint density at radius 2 is 2.19 bits per heavy atom. The quantitative estimate of drug-likeness (QED) is 0.799. The summed E-state index contributed by atoms with van der Waals surface area (Å²) < 4.78 is 1.72. The second kappa shape index (κ2) is 6.99. The van der Waals surface area contributed by atoms with E-state index in [0.29, 0.717) is 18.0 Å². The smallest absolute Gasteiger partial charge is 0.229 e. The molecule has 0 unspecified atom stereocenters. The van der Waals surface area contributed by atoms with Gasteiger partial charge in [0.05, 0.1) is 11.9 Å². The summed E-state index contributed by atoms with van der Waals surface area (Å²) in [4.78, 5) is 16.6. The summed E-state index contributed by atoms with van der Waals surface area (Å²) in [6.45, 7) is 7.36. The molecular formula is C15H18N4OS. The van der Waals surface area contributed by atoms with E-state index < -0.39 is 0 Å². The Morgan fingerprint density at radius 1 is 1.48 bits per heavy atom. The van der Waals surface area contributed by atoms with Crippen LogP contribution in [-0.4, -0.2) is 20.7 Å². The van der Waals surface area contributed by atoms with Gasteiger partial charge in [0.25, 0.3) is 0 Å². The van der Waals surface area contributed by atoms with E-state index in [9.17, 15) is 4.79 Å². The Kier molecular flexibility index (Phi) is 5.05. The molecule has 21 heavy (non-hydrogen) atoms. The van der Waals surface area contributed by atoms with Crippen molar-refractivity contribution in [2.45, 2.75) is 12.8 Å². The molecule has 5 nitrogen and oxygen atoms in total. The van der Waals surface area contributed by atoms with Gasteiger partial charge < -0.3 is 5.32 Å². The maximum Gasteiger partial charge on any atom is 0.229 e. The van der Waals surface area contributed by atoms with Crippen LogP contribution in [0.15, 0.2) is 43.1 Å². The maximum absolute atomic E-state index is 12.2. The first-order chi connectivity index (χ1) is 10.1. The number of aromatic nitrogens is 3. The minimum Gasteiger partial charge on any atom is -0.302 e. The van der Waals surface area contributed by atoms with Gasteiger partial charge in [-0.1, -0.05) is 12.2 Å². The van der Waals surface area contributed by atoms with E-state index in [1.807, 2.05) is 18.6 Å². The number of allylic oxidation sites excluding steroid dienone is 2. The van der Waals surface area contributed by atoms with Crippen molar-refractivity contribution in [2.75, 3.05) is 5.32 Å². The van der Waals surface area contributed by atoms with Crippen molar-refractivity contribution in [3.05, 3.63) is 43.1 Å². The van der Waals surface area contributed by atoms with E-state index in [4.69, 9.17) is 0 Å². The number of rotatable bonds is 7. The lowest BCUT2D eigenvalue weighted by Gasteiger charge is -2.11. The molecule has 1 N–H and O–H groups in total. The van der Waals surface area contributed by atoms with Crippen LogP contribution in [0.3, 0.4) is 0 Å². The number of carbonyl (C=O) groups excluding carboxylic acids is 1. The number of hydrogen-bond acceptors (Lipinski definition) is 4. The van der Waals surface area contributed by atoms with Gasteiger partial charge in [-0.25, -0.2) is 4.98 Å². The summed E-state index contributed by atoms with van der Waals surface area (Å²) in [6.07, 6.45) is 8.38. The summed E-state index contributed by atoms with van der Waals surface area (Å²) in [6, 6.07) is 0. The monoisotopic (exact) mass is 302 g/mol. The lowest BCUT2D eigenvalue weighted by atomic mass is 10.0. The summed E-state index contributed by atoms with van der Waals surface area (Å²) in [5, 5.41) is 9.47. The molecule has 2 rings (SSSR count). The lowest BCUT2D eigenvalue weighted by molar-refractivity contribution is -0.119. The number of thiazole rings is 1. The van der Waals surface area contributed by atoms with Crippen molar-refractivity contribution in [2.24, 2.45) is 13.0 Å². The molecular weight excluding hydrogens is 284 g/mol. The molecule has 1 amide bonds. The number of carbonyl (C=O) groups is 1. The molecule has 0 aliphatic heterocycles. The molecule has 0 spiro atoms. The van der Waals surface area contributed by atoms with Crippen LogP contribution in [-0.2, 0) is 11.8 Å². The molecule has 0 atom stereocenters. The third-order valence-corrected chi connectivity index (χ3v) is 3.77. The fourth-order valence-electron chi connectivity index (χ4n) is 1.94. The number of anilines is 1. The van der Waals surface area contributed by atoms with E-state index in [1.54, 1.807) is 23.0 Å². The standard InChI is InChI=1S/C15H18N4OS/c1-4-6-11(7-5-2)14(20)18-15-17-13(10-21-15)12-8-16-19(3)9-12/h4-5,8-11H,1-2,6-7H2,3H3,(H,17,18,20). The SMILES string of the molecule is C=CCC(CC=C)C(=O)Nc1nc(-c2cnn(C)c2)cs1. The Balaban J connectivity index is 2.06. The Morgan fingerprint density at radius 3 is 2.76 bits per heavy atom. The summed E-state index contributed by atoms with van der Waals surface area (Å²) in [5.74, 6) is -0.201. The highest BCUT2D eigenvalue weighted by atomic mass is 32.1. The normalized spacial score (nSPS) is 10.6. The van der Waals surface area contributed by atoms with E-state index in [1.165, 1.54) is 11.3 Å². The Labute approximate surface area is 128 Å². The van der Waals surface area contributed by atoms with Gasteiger partial charge in [-0.3, -0.25) is 9.48 Å². The molecule has 0 aromatic carbocycles. The number of hydrogen-bond donors (Lipinski definition) is 1.